The molecule has 0 bridgehead atoms. The number of thiocarbonyl (C=S) groups is 1. The van der Waals surface area contributed by atoms with E-state index in [1.165, 1.54) is 0 Å². The van der Waals surface area contributed by atoms with Crippen LogP contribution >= 0.6 is 12.2 Å². The van der Waals surface area contributed by atoms with Crippen LogP contribution in [0.1, 0.15) is 58.9 Å². The minimum atomic E-state index is -0.538. The van der Waals surface area contributed by atoms with Crippen molar-refractivity contribution in [3.8, 4) is 6.07 Å². The molecule has 0 spiro atoms. The zero-order valence-electron chi connectivity index (χ0n) is 18.0. The van der Waals surface area contributed by atoms with Crippen LogP contribution in [0.2, 0.25) is 0 Å². The summed E-state index contributed by atoms with van der Waals surface area (Å²) in [5.74, 6) is 0. The van der Waals surface area contributed by atoms with Gasteiger partial charge in [0.25, 0.3) is 0 Å². The number of benzene rings is 1. The van der Waals surface area contributed by atoms with Crippen LogP contribution in [0.5, 0.6) is 0 Å². The molecule has 1 aromatic rings. The molecule has 1 aliphatic carbocycles. The van der Waals surface area contributed by atoms with E-state index in [1.54, 1.807) is 19.1 Å². The lowest BCUT2D eigenvalue weighted by Crippen LogP contribution is -2.49. The Hall–Kier alpha value is -2.79. The molecular formula is C22H31N5O2S. The lowest BCUT2D eigenvalue weighted by Gasteiger charge is -2.34. The number of alkyl carbamates (subject to hydrolysis) is 1. The number of carbonyl (C=O) groups excluding carboxylic acids is 1. The van der Waals surface area contributed by atoms with Crippen LogP contribution in [-0.4, -0.2) is 28.8 Å². The predicted octanol–water partition coefficient (Wildman–Crippen LogP) is 4.41. The topological polar surface area (TPSA) is 112 Å². The summed E-state index contributed by atoms with van der Waals surface area (Å²) in [4.78, 5) is 12.7. The van der Waals surface area contributed by atoms with Gasteiger partial charge in [-0.2, -0.15) is 5.26 Å². The number of carbonyl (C=O) groups is 1. The number of nitrogens with two attached hydrogens (primary N) is 1. The van der Waals surface area contributed by atoms with Crippen LogP contribution in [0.15, 0.2) is 30.0 Å². The predicted molar refractivity (Wildman–Crippen MR) is 124 cm³/mol. The van der Waals surface area contributed by atoms with E-state index >= 15 is 0 Å². The maximum atomic E-state index is 12.2. The number of hydrogen-bond acceptors (Lipinski definition) is 6. The van der Waals surface area contributed by atoms with Crippen LogP contribution in [0.3, 0.4) is 0 Å². The average Bonchev–Trinajstić information content (AvgIpc) is 2.61. The third-order valence-corrected chi connectivity index (χ3v) is 4.80. The summed E-state index contributed by atoms with van der Waals surface area (Å²) in [5.41, 5.74) is 7.66. The summed E-state index contributed by atoms with van der Waals surface area (Å²) in [6.07, 6.45) is 5.17. The Bertz CT molecular complexity index is 850. The minimum Gasteiger partial charge on any atom is -0.444 e. The molecule has 7 nitrogen and oxygen atoms in total. The zero-order valence-corrected chi connectivity index (χ0v) is 18.9. The summed E-state index contributed by atoms with van der Waals surface area (Å²) < 4.78 is 5.41. The summed E-state index contributed by atoms with van der Waals surface area (Å²) >= 11 is 5.28. The second kappa shape index (κ2) is 10.3. The highest BCUT2D eigenvalue weighted by atomic mass is 32.1. The molecule has 1 aliphatic rings. The molecule has 1 saturated carbocycles. The van der Waals surface area contributed by atoms with E-state index in [0.717, 1.165) is 31.4 Å². The number of hydrogen-bond donors (Lipinski definition) is 4. The smallest absolute Gasteiger partial charge is 0.407 e. The zero-order chi connectivity index (χ0) is 22.3. The van der Waals surface area contributed by atoms with Gasteiger partial charge in [-0.15, -0.1) is 0 Å². The van der Waals surface area contributed by atoms with Gasteiger partial charge < -0.3 is 26.4 Å². The lowest BCUT2D eigenvalue weighted by atomic mass is 9.90. The number of allylic oxidation sites excluding steroid dienone is 1. The molecule has 1 amide bonds. The Morgan fingerprint density at radius 2 is 1.97 bits per heavy atom. The molecule has 1 aromatic carbocycles. The molecule has 0 aromatic heterocycles. The van der Waals surface area contributed by atoms with E-state index in [4.69, 9.17) is 22.7 Å². The van der Waals surface area contributed by atoms with Gasteiger partial charge >= 0.3 is 6.09 Å². The maximum absolute atomic E-state index is 12.2. The number of ether oxygens (including phenoxy) is 1. The highest BCUT2D eigenvalue weighted by Gasteiger charge is 2.28. The van der Waals surface area contributed by atoms with Gasteiger partial charge in [-0.1, -0.05) is 25.1 Å². The van der Waals surface area contributed by atoms with Crippen LogP contribution in [0.4, 0.5) is 16.2 Å². The SMILES string of the molecule is CC(N)=CC(=S)Nc1cc(N[C@@H]2CCCC[C@@H]2NC(=O)OC(C)(C)C)ccc1C#N. The van der Waals surface area contributed by atoms with E-state index in [-0.39, 0.29) is 12.1 Å². The fourth-order valence-corrected chi connectivity index (χ4v) is 3.66. The van der Waals surface area contributed by atoms with E-state index < -0.39 is 11.7 Å². The van der Waals surface area contributed by atoms with Crippen molar-refractivity contribution in [3.05, 3.63) is 35.5 Å². The maximum Gasteiger partial charge on any atom is 0.407 e. The van der Waals surface area contributed by atoms with Crippen LogP contribution in [0.25, 0.3) is 0 Å². The van der Waals surface area contributed by atoms with Crippen molar-refractivity contribution in [1.82, 2.24) is 5.32 Å². The van der Waals surface area contributed by atoms with Crippen LogP contribution < -0.4 is 21.7 Å². The largest absolute Gasteiger partial charge is 0.444 e. The summed E-state index contributed by atoms with van der Waals surface area (Å²) in [6.45, 7) is 7.29. The Morgan fingerprint density at radius 1 is 1.30 bits per heavy atom. The third kappa shape index (κ3) is 7.56. The molecule has 0 heterocycles. The first kappa shape index (κ1) is 23.5. The molecular weight excluding hydrogens is 398 g/mol. The quantitative estimate of drug-likeness (QED) is 0.405. The normalized spacial score (nSPS) is 19.4. The summed E-state index contributed by atoms with van der Waals surface area (Å²) in [7, 11) is 0. The first-order valence-corrected chi connectivity index (χ1v) is 10.5. The third-order valence-electron chi connectivity index (χ3n) is 4.58. The molecule has 30 heavy (non-hydrogen) atoms. The monoisotopic (exact) mass is 429 g/mol. The van der Waals surface area contributed by atoms with Gasteiger partial charge in [0.15, 0.2) is 0 Å². The van der Waals surface area contributed by atoms with E-state index in [9.17, 15) is 10.1 Å². The number of rotatable bonds is 5. The second-order valence-electron chi connectivity index (χ2n) is 8.54. The molecule has 2 atom stereocenters. The van der Waals surface area contributed by atoms with Crippen LogP contribution in [-0.2, 0) is 4.74 Å². The van der Waals surface area contributed by atoms with Crippen molar-refractivity contribution < 1.29 is 9.53 Å². The Morgan fingerprint density at radius 3 is 2.57 bits per heavy atom. The number of nitriles is 1. The van der Waals surface area contributed by atoms with E-state index in [0.29, 0.717) is 21.9 Å². The summed E-state index contributed by atoms with van der Waals surface area (Å²) in [5, 5.41) is 19.0. The fourth-order valence-electron chi connectivity index (χ4n) is 3.36. The van der Waals surface area contributed by atoms with Gasteiger partial charge in [0.1, 0.15) is 16.7 Å². The van der Waals surface area contributed by atoms with Gasteiger partial charge in [0, 0.05) is 17.4 Å². The number of nitrogens with one attached hydrogen (secondary N) is 3. The molecule has 8 heteroatoms. The van der Waals surface area contributed by atoms with Crippen molar-refractivity contribution in [2.24, 2.45) is 5.73 Å². The van der Waals surface area contributed by atoms with Gasteiger partial charge in [-0.3, -0.25) is 0 Å². The lowest BCUT2D eigenvalue weighted by molar-refractivity contribution is 0.0488. The van der Waals surface area contributed by atoms with Gasteiger partial charge in [-0.05, 0) is 64.8 Å². The van der Waals surface area contributed by atoms with Crippen molar-refractivity contribution in [2.45, 2.75) is 71.1 Å². The first-order chi connectivity index (χ1) is 14.1. The first-order valence-electron chi connectivity index (χ1n) is 10.1. The minimum absolute atomic E-state index is 0.0375. The molecule has 0 aliphatic heterocycles. The molecule has 0 unspecified atom stereocenters. The second-order valence-corrected chi connectivity index (χ2v) is 8.98. The van der Waals surface area contributed by atoms with E-state index in [1.807, 2.05) is 32.9 Å². The van der Waals surface area contributed by atoms with Crippen molar-refractivity contribution in [1.29, 1.82) is 5.26 Å². The van der Waals surface area contributed by atoms with Crippen LogP contribution in [0, 0.1) is 11.3 Å². The molecule has 162 valence electrons. The van der Waals surface area contributed by atoms with Crippen molar-refractivity contribution >= 4 is 34.7 Å². The number of nitrogens with zero attached hydrogens (tertiary/aromatic N) is 1. The van der Waals surface area contributed by atoms with Crippen molar-refractivity contribution in [3.63, 3.8) is 0 Å². The van der Waals surface area contributed by atoms with Gasteiger partial charge in [0.2, 0.25) is 0 Å². The molecule has 2 rings (SSSR count). The Kier molecular flexibility index (Phi) is 8.07. The Balaban J connectivity index is 2.13. The Labute approximate surface area is 184 Å². The molecule has 0 radical (unpaired) electrons. The van der Waals surface area contributed by atoms with Crippen molar-refractivity contribution in [2.75, 3.05) is 10.6 Å². The molecule has 1 fully saturated rings. The molecule has 0 saturated heterocycles. The van der Waals surface area contributed by atoms with Gasteiger partial charge in [0.05, 0.1) is 17.3 Å². The highest BCUT2D eigenvalue weighted by molar-refractivity contribution is 7.81. The summed E-state index contributed by atoms with van der Waals surface area (Å²) in [6, 6.07) is 7.64. The van der Waals surface area contributed by atoms with E-state index in [2.05, 4.69) is 22.0 Å². The number of anilines is 2. The average molecular weight is 430 g/mol. The fraction of sp³-hybridized carbons (Fsp3) is 0.500. The highest BCUT2D eigenvalue weighted by Crippen LogP contribution is 2.26. The number of amides is 1. The molecule has 5 N–H and O–H groups in total. The standard InChI is InChI=1S/C22H31N5O2S/c1-14(24)11-20(30)26-19-12-16(10-9-15(19)13-23)25-17-7-5-6-8-18(17)27-21(28)29-22(2,3)4/h9-12,17-18,25H,5-8,24H2,1-4H3,(H,26,30)(H,27,28)/t17-,18+/m1/s1. The van der Waals surface area contributed by atoms with Gasteiger partial charge in [-0.25, -0.2) is 4.79 Å².